The van der Waals surface area contributed by atoms with Crippen molar-refractivity contribution in [3.8, 4) is 0 Å². The molecule has 0 aromatic heterocycles. The van der Waals surface area contributed by atoms with Crippen molar-refractivity contribution in [2.45, 2.75) is 12.2 Å². The Balaban J connectivity index is 0.000000810. The fourth-order valence-electron chi connectivity index (χ4n) is 1.10. The quantitative estimate of drug-likeness (QED) is 0.630. The SMILES string of the molecule is CO[C@H]1CNC[C@H]1OC.Cl. The molecule has 1 rings (SSSR count). The maximum atomic E-state index is 5.13. The topological polar surface area (TPSA) is 30.5 Å². The Kier molecular flexibility index (Phi) is 4.99. The molecule has 2 atom stereocenters. The zero-order valence-electron chi connectivity index (χ0n) is 6.29. The van der Waals surface area contributed by atoms with Gasteiger partial charge in [-0.25, -0.2) is 0 Å². The summed E-state index contributed by atoms with van der Waals surface area (Å²) in [5.74, 6) is 0. The van der Waals surface area contributed by atoms with E-state index in [2.05, 4.69) is 5.32 Å². The third kappa shape index (κ3) is 2.09. The molecule has 1 heterocycles. The molecule has 1 saturated heterocycles. The van der Waals surface area contributed by atoms with Gasteiger partial charge in [0.25, 0.3) is 0 Å². The summed E-state index contributed by atoms with van der Waals surface area (Å²) < 4.78 is 10.3. The second-order valence-electron chi connectivity index (χ2n) is 2.21. The van der Waals surface area contributed by atoms with Crippen molar-refractivity contribution in [1.82, 2.24) is 5.32 Å². The van der Waals surface area contributed by atoms with E-state index in [1.54, 1.807) is 14.2 Å². The summed E-state index contributed by atoms with van der Waals surface area (Å²) in [4.78, 5) is 0. The van der Waals surface area contributed by atoms with Gasteiger partial charge in [-0.3, -0.25) is 0 Å². The van der Waals surface area contributed by atoms with Gasteiger partial charge in [0.1, 0.15) is 0 Å². The molecule has 0 saturated carbocycles. The minimum atomic E-state index is 0. The first-order valence-electron chi connectivity index (χ1n) is 3.14. The Morgan fingerprint density at radius 2 is 1.50 bits per heavy atom. The van der Waals surface area contributed by atoms with Gasteiger partial charge in [0, 0.05) is 27.3 Å². The average molecular weight is 168 g/mol. The smallest absolute Gasteiger partial charge is 0.0969 e. The molecule has 4 heteroatoms. The monoisotopic (exact) mass is 167 g/mol. The van der Waals surface area contributed by atoms with Gasteiger partial charge >= 0.3 is 0 Å². The van der Waals surface area contributed by atoms with Crippen molar-refractivity contribution in [2.24, 2.45) is 0 Å². The lowest BCUT2D eigenvalue weighted by Crippen LogP contribution is -2.27. The van der Waals surface area contributed by atoms with Crippen LogP contribution in [0.1, 0.15) is 0 Å². The van der Waals surface area contributed by atoms with Gasteiger partial charge in [-0.2, -0.15) is 0 Å². The molecule has 0 radical (unpaired) electrons. The Hall–Kier alpha value is 0.170. The van der Waals surface area contributed by atoms with E-state index in [4.69, 9.17) is 9.47 Å². The molecule has 10 heavy (non-hydrogen) atoms. The van der Waals surface area contributed by atoms with Crippen LogP contribution in [0.3, 0.4) is 0 Å². The number of hydrogen-bond donors (Lipinski definition) is 1. The van der Waals surface area contributed by atoms with E-state index < -0.39 is 0 Å². The Bertz CT molecular complexity index is 81.8. The molecule has 0 spiro atoms. The largest absolute Gasteiger partial charge is 0.377 e. The van der Waals surface area contributed by atoms with Gasteiger partial charge in [0.05, 0.1) is 12.2 Å². The summed E-state index contributed by atoms with van der Waals surface area (Å²) >= 11 is 0. The molecule has 0 aromatic rings. The van der Waals surface area contributed by atoms with Gasteiger partial charge in [-0.05, 0) is 0 Å². The highest BCUT2D eigenvalue weighted by Gasteiger charge is 2.25. The Morgan fingerprint density at radius 1 is 1.10 bits per heavy atom. The number of methoxy groups -OCH3 is 2. The number of hydrogen-bond acceptors (Lipinski definition) is 3. The molecule has 0 amide bonds. The summed E-state index contributed by atoms with van der Waals surface area (Å²) in [5, 5.41) is 3.17. The van der Waals surface area contributed by atoms with Crippen molar-refractivity contribution >= 4 is 12.4 Å². The van der Waals surface area contributed by atoms with Crippen LogP contribution in [-0.4, -0.2) is 39.5 Å². The minimum absolute atomic E-state index is 0. The van der Waals surface area contributed by atoms with E-state index in [0.717, 1.165) is 13.1 Å². The first-order chi connectivity index (χ1) is 4.38. The Morgan fingerprint density at radius 3 is 1.80 bits per heavy atom. The lowest BCUT2D eigenvalue weighted by Gasteiger charge is -2.14. The molecule has 62 valence electrons. The predicted octanol–water partition coefficient (Wildman–Crippen LogP) is 0.0414. The van der Waals surface area contributed by atoms with Crippen molar-refractivity contribution < 1.29 is 9.47 Å². The molecule has 3 nitrogen and oxygen atoms in total. The molecule has 0 aliphatic carbocycles. The average Bonchev–Trinajstić information content (AvgIpc) is 2.33. The zero-order chi connectivity index (χ0) is 6.69. The van der Waals surface area contributed by atoms with Crippen LogP contribution in [0.5, 0.6) is 0 Å². The molecule has 1 aliphatic heterocycles. The molecule has 1 fully saturated rings. The normalized spacial score (nSPS) is 31.8. The molecule has 1 aliphatic rings. The van der Waals surface area contributed by atoms with Crippen molar-refractivity contribution in [3.05, 3.63) is 0 Å². The summed E-state index contributed by atoms with van der Waals surface area (Å²) in [6.07, 6.45) is 0.491. The molecule has 0 bridgehead atoms. The van der Waals surface area contributed by atoms with E-state index in [0.29, 0.717) is 0 Å². The van der Waals surface area contributed by atoms with Crippen LogP contribution in [0.2, 0.25) is 0 Å². The fourth-order valence-corrected chi connectivity index (χ4v) is 1.10. The van der Waals surface area contributed by atoms with Crippen LogP contribution in [0.4, 0.5) is 0 Å². The highest BCUT2D eigenvalue weighted by atomic mass is 35.5. The van der Waals surface area contributed by atoms with E-state index in [9.17, 15) is 0 Å². The lowest BCUT2D eigenvalue weighted by molar-refractivity contribution is -0.00461. The fraction of sp³-hybridized carbons (Fsp3) is 1.00. The van der Waals surface area contributed by atoms with E-state index in [-0.39, 0.29) is 24.6 Å². The highest BCUT2D eigenvalue weighted by Crippen LogP contribution is 2.05. The van der Waals surface area contributed by atoms with Gasteiger partial charge in [0.15, 0.2) is 0 Å². The van der Waals surface area contributed by atoms with Crippen LogP contribution >= 0.6 is 12.4 Å². The zero-order valence-corrected chi connectivity index (χ0v) is 7.11. The first-order valence-corrected chi connectivity index (χ1v) is 3.14. The lowest BCUT2D eigenvalue weighted by atomic mass is 10.3. The second kappa shape index (κ2) is 4.91. The highest BCUT2D eigenvalue weighted by molar-refractivity contribution is 5.85. The maximum absolute atomic E-state index is 5.13. The van der Waals surface area contributed by atoms with E-state index in [1.807, 2.05) is 0 Å². The molecular formula is C6H14ClNO2. The third-order valence-electron chi connectivity index (χ3n) is 1.71. The van der Waals surface area contributed by atoms with Crippen LogP contribution in [-0.2, 0) is 9.47 Å². The first kappa shape index (κ1) is 10.2. The number of halogens is 1. The predicted molar refractivity (Wildman–Crippen MR) is 41.7 cm³/mol. The van der Waals surface area contributed by atoms with Crippen LogP contribution in [0, 0.1) is 0 Å². The summed E-state index contributed by atoms with van der Waals surface area (Å²) in [6, 6.07) is 0. The summed E-state index contributed by atoms with van der Waals surface area (Å²) in [5.41, 5.74) is 0. The van der Waals surface area contributed by atoms with Gasteiger partial charge in [-0.1, -0.05) is 0 Å². The van der Waals surface area contributed by atoms with Crippen molar-refractivity contribution in [3.63, 3.8) is 0 Å². The molecule has 0 aromatic carbocycles. The van der Waals surface area contributed by atoms with Crippen LogP contribution in [0.15, 0.2) is 0 Å². The maximum Gasteiger partial charge on any atom is 0.0969 e. The summed E-state index contributed by atoms with van der Waals surface area (Å²) in [6.45, 7) is 1.82. The van der Waals surface area contributed by atoms with Crippen molar-refractivity contribution in [2.75, 3.05) is 27.3 Å². The molecule has 1 N–H and O–H groups in total. The van der Waals surface area contributed by atoms with Crippen LogP contribution < -0.4 is 5.32 Å². The standard InChI is InChI=1S/C6H13NO2.ClH/c1-8-5-3-7-4-6(5)9-2;/h5-7H,3-4H2,1-2H3;1H/t5-,6+;. The molecule has 0 unspecified atom stereocenters. The van der Waals surface area contributed by atoms with Gasteiger partial charge in [-0.15, -0.1) is 12.4 Å². The van der Waals surface area contributed by atoms with Crippen molar-refractivity contribution in [1.29, 1.82) is 0 Å². The number of rotatable bonds is 2. The molecular weight excluding hydrogens is 154 g/mol. The van der Waals surface area contributed by atoms with Gasteiger partial charge < -0.3 is 14.8 Å². The Labute approximate surface area is 67.5 Å². The number of ether oxygens (including phenoxy) is 2. The second-order valence-corrected chi connectivity index (χ2v) is 2.21. The van der Waals surface area contributed by atoms with Gasteiger partial charge in [0.2, 0.25) is 0 Å². The summed E-state index contributed by atoms with van der Waals surface area (Å²) in [7, 11) is 3.42. The van der Waals surface area contributed by atoms with Crippen LogP contribution in [0.25, 0.3) is 0 Å². The minimum Gasteiger partial charge on any atom is -0.377 e. The van der Waals surface area contributed by atoms with E-state index >= 15 is 0 Å². The van der Waals surface area contributed by atoms with E-state index in [1.165, 1.54) is 0 Å². The number of nitrogens with one attached hydrogen (secondary N) is 1. The third-order valence-corrected chi connectivity index (χ3v) is 1.71.